The van der Waals surface area contributed by atoms with Crippen LogP contribution in [-0.2, 0) is 19.9 Å². The Morgan fingerprint density at radius 1 is 1.19 bits per heavy atom. The van der Waals surface area contributed by atoms with Crippen LogP contribution in [0.25, 0.3) is 0 Å². The number of halogens is 1. The minimum absolute atomic E-state index is 0. The fourth-order valence-electron chi connectivity index (χ4n) is 2.71. The second-order valence-corrected chi connectivity index (χ2v) is 6.41. The summed E-state index contributed by atoms with van der Waals surface area (Å²) in [5.74, 6) is -0.810. The fourth-order valence-corrected chi connectivity index (χ4v) is 2.71. The van der Waals surface area contributed by atoms with E-state index in [1.807, 2.05) is 31.2 Å². The first-order valence-electron chi connectivity index (χ1n) is 8.56. The maximum Gasteiger partial charge on any atom is 0.325 e. The van der Waals surface area contributed by atoms with Gasteiger partial charge in [0.15, 0.2) is 0 Å². The number of rotatable bonds is 9. The molecule has 1 fully saturated rings. The van der Waals surface area contributed by atoms with E-state index in [1.165, 1.54) is 0 Å². The molecule has 1 saturated heterocycles. The average molecular weight is 399 g/mol. The topological polar surface area (TPSA) is 99.8 Å². The Bertz CT molecular complexity index is 668. The largest absolute Gasteiger partial charge is 0.383 e. The molecule has 2 rings (SSSR count). The van der Waals surface area contributed by atoms with E-state index in [9.17, 15) is 14.4 Å². The van der Waals surface area contributed by atoms with Crippen LogP contribution in [0, 0.1) is 6.92 Å². The summed E-state index contributed by atoms with van der Waals surface area (Å²) in [5.41, 5.74) is 0.587. The SMILES string of the molecule is COCCNCCNC(=O)CN1C(=O)NC(C)(c2ccc(C)cc2)C1=O.Cl. The third kappa shape index (κ3) is 5.66. The first kappa shape index (κ1) is 22.9. The molecule has 3 N–H and O–H groups in total. The highest BCUT2D eigenvalue weighted by molar-refractivity contribution is 6.09. The molecule has 1 aliphatic heterocycles. The van der Waals surface area contributed by atoms with Crippen LogP contribution >= 0.6 is 12.4 Å². The summed E-state index contributed by atoms with van der Waals surface area (Å²) in [4.78, 5) is 37.9. The highest BCUT2D eigenvalue weighted by atomic mass is 35.5. The summed E-state index contributed by atoms with van der Waals surface area (Å²) >= 11 is 0. The molecule has 9 heteroatoms. The van der Waals surface area contributed by atoms with E-state index < -0.39 is 17.5 Å². The number of urea groups is 1. The molecular weight excluding hydrogens is 372 g/mol. The highest BCUT2D eigenvalue weighted by Gasteiger charge is 2.49. The standard InChI is InChI=1S/C18H26N4O4.ClH/c1-13-4-6-14(7-5-13)18(2)16(24)22(17(25)21-18)12-15(23)20-9-8-19-10-11-26-3;/h4-7,19H,8-12H2,1-3H3,(H,20,23)(H,21,25);1H. The van der Waals surface area contributed by atoms with E-state index >= 15 is 0 Å². The predicted molar refractivity (Wildman–Crippen MR) is 104 cm³/mol. The lowest BCUT2D eigenvalue weighted by molar-refractivity contribution is -0.134. The number of nitrogens with zero attached hydrogens (tertiary/aromatic N) is 1. The van der Waals surface area contributed by atoms with Crippen LogP contribution in [0.3, 0.4) is 0 Å². The lowest BCUT2D eigenvalue weighted by atomic mass is 9.91. The molecule has 27 heavy (non-hydrogen) atoms. The van der Waals surface area contributed by atoms with Gasteiger partial charge in [0.2, 0.25) is 5.91 Å². The van der Waals surface area contributed by atoms with E-state index in [0.29, 0.717) is 31.8 Å². The summed E-state index contributed by atoms with van der Waals surface area (Å²) in [6, 6.07) is 6.81. The van der Waals surface area contributed by atoms with Gasteiger partial charge in [0.25, 0.3) is 5.91 Å². The Morgan fingerprint density at radius 2 is 1.85 bits per heavy atom. The zero-order valence-corrected chi connectivity index (χ0v) is 16.6. The molecule has 1 aliphatic rings. The Morgan fingerprint density at radius 3 is 2.48 bits per heavy atom. The molecule has 0 aromatic heterocycles. The summed E-state index contributed by atoms with van der Waals surface area (Å²) in [5, 5.41) is 8.47. The van der Waals surface area contributed by atoms with Crippen LogP contribution in [0.1, 0.15) is 18.1 Å². The van der Waals surface area contributed by atoms with Gasteiger partial charge in [-0.1, -0.05) is 29.8 Å². The van der Waals surface area contributed by atoms with E-state index in [0.717, 1.165) is 10.5 Å². The molecule has 150 valence electrons. The van der Waals surface area contributed by atoms with Crippen molar-refractivity contribution in [3.63, 3.8) is 0 Å². The highest BCUT2D eigenvalue weighted by Crippen LogP contribution is 2.28. The number of carbonyl (C=O) groups excluding carboxylic acids is 3. The van der Waals surface area contributed by atoms with Gasteiger partial charge in [-0.15, -0.1) is 12.4 Å². The molecule has 0 aliphatic carbocycles. The number of methoxy groups -OCH3 is 1. The fraction of sp³-hybridized carbons (Fsp3) is 0.500. The van der Waals surface area contributed by atoms with Gasteiger partial charge >= 0.3 is 6.03 Å². The summed E-state index contributed by atoms with van der Waals surface area (Å²) in [6.45, 7) is 5.56. The van der Waals surface area contributed by atoms with Crippen LogP contribution < -0.4 is 16.0 Å². The van der Waals surface area contributed by atoms with Gasteiger partial charge in [-0.05, 0) is 19.4 Å². The first-order valence-corrected chi connectivity index (χ1v) is 8.56. The van der Waals surface area contributed by atoms with Crippen LogP contribution in [-0.4, -0.2) is 62.6 Å². The number of aryl methyl sites for hydroxylation is 1. The third-order valence-corrected chi connectivity index (χ3v) is 4.31. The quantitative estimate of drug-likeness (QED) is 0.416. The molecule has 0 bridgehead atoms. The van der Waals surface area contributed by atoms with Crippen molar-refractivity contribution in [2.24, 2.45) is 0 Å². The van der Waals surface area contributed by atoms with Gasteiger partial charge in [0.1, 0.15) is 12.1 Å². The molecular formula is C18H27ClN4O4. The van der Waals surface area contributed by atoms with Crippen molar-refractivity contribution in [3.05, 3.63) is 35.4 Å². The molecule has 0 spiro atoms. The van der Waals surface area contributed by atoms with Crippen molar-refractivity contribution >= 4 is 30.3 Å². The number of benzene rings is 1. The van der Waals surface area contributed by atoms with Crippen molar-refractivity contribution in [3.8, 4) is 0 Å². The maximum atomic E-state index is 12.7. The monoisotopic (exact) mass is 398 g/mol. The molecule has 1 aromatic rings. The lowest BCUT2D eigenvalue weighted by Gasteiger charge is -2.22. The minimum Gasteiger partial charge on any atom is -0.383 e. The van der Waals surface area contributed by atoms with Gasteiger partial charge in [0.05, 0.1) is 6.61 Å². The van der Waals surface area contributed by atoms with E-state index in [-0.39, 0.29) is 24.9 Å². The van der Waals surface area contributed by atoms with Crippen LogP contribution in [0.2, 0.25) is 0 Å². The Balaban J connectivity index is 0.00000364. The Hall–Kier alpha value is -2.16. The molecule has 0 radical (unpaired) electrons. The van der Waals surface area contributed by atoms with E-state index in [4.69, 9.17) is 4.74 Å². The third-order valence-electron chi connectivity index (χ3n) is 4.31. The van der Waals surface area contributed by atoms with Crippen molar-refractivity contribution in [2.45, 2.75) is 19.4 Å². The van der Waals surface area contributed by atoms with E-state index in [2.05, 4.69) is 16.0 Å². The van der Waals surface area contributed by atoms with Crippen molar-refractivity contribution in [1.82, 2.24) is 20.9 Å². The van der Waals surface area contributed by atoms with Gasteiger partial charge < -0.3 is 20.7 Å². The molecule has 1 aromatic carbocycles. The number of amides is 4. The van der Waals surface area contributed by atoms with Crippen LogP contribution in [0.4, 0.5) is 4.79 Å². The number of carbonyl (C=O) groups is 3. The Labute approximate surface area is 165 Å². The van der Waals surface area contributed by atoms with Gasteiger partial charge in [-0.3, -0.25) is 14.5 Å². The smallest absolute Gasteiger partial charge is 0.325 e. The number of hydrogen-bond donors (Lipinski definition) is 3. The molecule has 4 amide bonds. The Kier molecular flexibility index (Phi) is 8.68. The molecule has 1 heterocycles. The van der Waals surface area contributed by atoms with Crippen LogP contribution in [0.5, 0.6) is 0 Å². The number of nitrogens with one attached hydrogen (secondary N) is 3. The van der Waals surface area contributed by atoms with Crippen molar-refractivity contribution < 1.29 is 19.1 Å². The van der Waals surface area contributed by atoms with Gasteiger partial charge in [-0.2, -0.15) is 0 Å². The average Bonchev–Trinajstić information content (AvgIpc) is 2.82. The molecule has 1 unspecified atom stereocenters. The van der Waals surface area contributed by atoms with Crippen molar-refractivity contribution in [1.29, 1.82) is 0 Å². The maximum absolute atomic E-state index is 12.7. The normalized spacial score (nSPS) is 18.9. The van der Waals surface area contributed by atoms with Gasteiger partial charge in [-0.25, -0.2) is 4.79 Å². The second-order valence-electron chi connectivity index (χ2n) is 6.41. The summed E-state index contributed by atoms with van der Waals surface area (Å²) < 4.78 is 4.91. The number of ether oxygens (including phenoxy) is 1. The summed E-state index contributed by atoms with van der Waals surface area (Å²) in [6.07, 6.45) is 0. The van der Waals surface area contributed by atoms with Crippen LogP contribution in [0.15, 0.2) is 24.3 Å². The number of imide groups is 1. The molecule has 0 saturated carbocycles. The van der Waals surface area contributed by atoms with Gasteiger partial charge in [0, 0.05) is 26.7 Å². The first-order chi connectivity index (χ1) is 12.4. The second kappa shape index (κ2) is 10.2. The van der Waals surface area contributed by atoms with Crippen molar-refractivity contribution in [2.75, 3.05) is 39.9 Å². The predicted octanol–water partition coefficient (Wildman–Crippen LogP) is 0.536. The lowest BCUT2D eigenvalue weighted by Crippen LogP contribution is -2.44. The summed E-state index contributed by atoms with van der Waals surface area (Å²) in [7, 11) is 1.62. The number of hydrogen-bond acceptors (Lipinski definition) is 5. The molecule has 8 nitrogen and oxygen atoms in total. The zero-order valence-electron chi connectivity index (χ0n) is 15.8. The molecule has 1 atom stereocenters. The zero-order chi connectivity index (χ0) is 19.2. The minimum atomic E-state index is -1.16. The van der Waals surface area contributed by atoms with E-state index in [1.54, 1.807) is 14.0 Å².